The van der Waals surface area contributed by atoms with Crippen LogP contribution in [0.4, 0.5) is 15.8 Å². The van der Waals surface area contributed by atoms with E-state index in [4.69, 9.17) is 5.73 Å². The summed E-state index contributed by atoms with van der Waals surface area (Å²) in [5.41, 5.74) is 4.79. The van der Waals surface area contributed by atoms with E-state index in [1.165, 1.54) is 6.07 Å². The molecule has 0 saturated heterocycles. The number of carbonyl (C=O) groups is 1. The van der Waals surface area contributed by atoms with Crippen LogP contribution in [-0.2, 0) is 4.79 Å². The first-order chi connectivity index (χ1) is 8.62. The number of nitrogens with one attached hydrogen (secondary N) is 1. The van der Waals surface area contributed by atoms with Gasteiger partial charge in [-0.2, -0.15) is 4.39 Å². The standard InChI is InChI=1S/C12H16FN3O3/c1-12(2,3)10(14)11(17)15-7-4-5-9(16(18)19)8(13)6-7/h4-6,10H,14H2,1-3H3,(H,15,17)/t10-/m0/s1. The lowest BCUT2D eigenvalue weighted by atomic mass is 9.87. The first-order valence-electron chi connectivity index (χ1n) is 5.63. The van der Waals surface area contributed by atoms with Crippen LogP contribution < -0.4 is 11.1 Å². The molecule has 0 bridgehead atoms. The van der Waals surface area contributed by atoms with Crippen molar-refractivity contribution in [2.45, 2.75) is 26.8 Å². The summed E-state index contributed by atoms with van der Waals surface area (Å²) in [4.78, 5) is 21.4. The number of hydrogen-bond acceptors (Lipinski definition) is 4. The second-order valence-corrected chi connectivity index (χ2v) is 5.26. The molecule has 0 unspecified atom stereocenters. The summed E-state index contributed by atoms with van der Waals surface area (Å²) in [6.45, 7) is 5.40. The summed E-state index contributed by atoms with van der Waals surface area (Å²) in [5, 5.41) is 12.9. The lowest BCUT2D eigenvalue weighted by Crippen LogP contribution is -2.45. The molecule has 0 aliphatic heterocycles. The van der Waals surface area contributed by atoms with E-state index < -0.39 is 33.8 Å². The van der Waals surface area contributed by atoms with E-state index in [2.05, 4.69) is 5.32 Å². The minimum absolute atomic E-state index is 0.132. The molecule has 1 aromatic rings. The van der Waals surface area contributed by atoms with E-state index in [-0.39, 0.29) is 5.69 Å². The van der Waals surface area contributed by atoms with Crippen LogP contribution in [-0.4, -0.2) is 16.9 Å². The Balaban J connectivity index is 2.87. The van der Waals surface area contributed by atoms with Gasteiger partial charge in [0, 0.05) is 17.8 Å². The van der Waals surface area contributed by atoms with Crippen LogP contribution >= 0.6 is 0 Å². The predicted octanol–water partition coefficient (Wildman–Crippen LogP) is 2.05. The minimum atomic E-state index is -1.01. The maximum atomic E-state index is 13.4. The number of anilines is 1. The van der Waals surface area contributed by atoms with Crippen LogP contribution in [0, 0.1) is 21.3 Å². The summed E-state index contributed by atoms with van der Waals surface area (Å²) < 4.78 is 13.4. The number of halogens is 1. The SMILES string of the molecule is CC(C)(C)[C@@H](N)C(=O)Nc1ccc([N+](=O)[O-])c(F)c1. The predicted molar refractivity (Wildman–Crippen MR) is 69.1 cm³/mol. The second-order valence-electron chi connectivity index (χ2n) is 5.26. The fourth-order valence-electron chi connectivity index (χ4n) is 1.35. The first-order valence-corrected chi connectivity index (χ1v) is 5.63. The van der Waals surface area contributed by atoms with Crippen molar-refractivity contribution in [3.8, 4) is 0 Å². The van der Waals surface area contributed by atoms with E-state index in [1.54, 1.807) is 20.8 Å². The topological polar surface area (TPSA) is 98.3 Å². The molecule has 0 aliphatic rings. The van der Waals surface area contributed by atoms with Crippen LogP contribution in [0.15, 0.2) is 18.2 Å². The highest BCUT2D eigenvalue weighted by atomic mass is 19.1. The first kappa shape index (κ1) is 15.0. The number of nitro groups is 1. The normalized spacial score (nSPS) is 12.9. The molecular weight excluding hydrogens is 253 g/mol. The Morgan fingerprint density at radius 1 is 1.47 bits per heavy atom. The quantitative estimate of drug-likeness (QED) is 0.648. The zero-order chi connectivity index (χ0) is 14.8. The van der Waals surface area contributed by atoms with Crippen LogP contribution in [0.25, 0.3) is 0 Å². The van der Waals surface area contributed by atoms with E-state index >= 15 is 0 Å². The third-order valence-electron chi connectivity index (χ3n) is 2.63. The summed E-state index contributed by atoms with van der Waals surface area (Å²) in [6, 6.07) is 2.37. The average Bonchev–Trinajstić information content (AvgIpc) is 2.26. The molecule has 0 heterocycles. The maximum Gasteiger partial charge on any atom is 0.304 e. The lowest BCUT2D eigenvalue weighted by molar-refractivity contribution is -0.387. The van der Waals surface area contributed by atoms with Gasteiger partial charge in [0.1, 0.15) is 0 Å². The average molecular weight is 269 g/mol. The van der Waals surface area contributed by atoms with Crippen molar-refractivity contribution >= 4 is 17.3 Å². The second kappa shape index (κ2) is 5.31. The zero-order valence-electron chi connectivity index (χ0n) is 10.9. The van der Waals surface area contributed by atoms with Gasteiger partial charge in [0.2, 0.25) is 11.7 Å². The lowest BCUT2D eigenvalue weighted by Gasteiger charge is -2.25. The fraction of sp³-hybridized carbons (Fsp3) is 0.417. The molecule has 7 heteroatoms. The number of hydrogen-bond donors (Lipinski definition) is 2. The molecule has 0 aromatic heterocycles. The molecule has 0 aliphatic carbocycles. The Hall–Kier alpha value is -2.02. The molecule has 104 valence electrons. The van der Waals surface area contributed by atoms with Crippen molar-refractivity contribution in [3.05, 3.63) is 34.1 Å². The number of nitro benzene ring substituents is 1. The third-order valence-corrected chi connectivity index (χ3v) is 2.63. The van der Waals surface area contributed by atoms with Crippen LogP contribution in [0.5, 0.6) is 0 Å². The number of carbonyl (C=O) groups excluding carboxylic acids is 1. The number of rotatable bonds is 3. The third kappa shape index (κ3) is 3.72. The van der Waals surface area contributed by atoms with Crippen molar-refractivity contribution in [1.82, 2.24) is 0 Å². The van der Waals surface area contributed by atoms with Crippen LogP contribution in [0.3, 0.4) is 0 Å². The Kier molecular flexibility index (Phi) is 4.21. The largest absolute Gasteiger partial charge is 0.325 e. The molecule has 19 heavy (non-hydrogen) atoms. The maximum absolute atomic E-state index is 13.4. The highest BCUT2D eigenvalue weighted by Gasteiger charge is 2.27. The van der Waals surface area contributed by atoms with Gasteiger partial charge in [-0.25, -0.2) is 0 Å². The fourth-order valence-corrected chi connectivity index (χ4v) is 1.35. The van der Waals surface area contributed by atoms with E-state index in [9.17, 15) is 19.3 Å². The van der Waals surface area contributed by atoms with Gasteiger partial charge in [-0.3, -0.25) is 14.9 Å². The van der Waals surface area contributed by atoms with Gasteiger partial charge in [-0.15, -0.1) is 0 Å². The van der Waals surface area contributed by atoms with Gasteiger partial charge >= 0.3 is 5.69 Å². The summed E-state index contributed by atoms with van der Waals surface area (Å²) >= 11 is 0. The van der Waals surface area contributed by atoms with E-state index in [0.717, 1.165) is 12.1 Å². The molecule has 0 spiro atoms. The van der Waals surface area contributed by atoms with Gasteiger partial charge in [0.15, 0.2) is 0 Å². The van der Waals surface area contributed by atoms with Gasteiger partial charge in [0.25, 0.3) is 0 Å². The Labute approximate surface area is 109 Å². The molecule has 1 amide bonds. The number of benzene rings is 1. The van der Waals surface area contributed by atoms with Crippen molar-refractivity contribution in [2.24, 2.45) is 11.1 Å². The summed E-state index contributed by atoms with van der Waals surface area (Å²) in [6.07, 6.45) is 0. The summed E-state index contributed by atoms with van der Waals surface area (Å²) in [7, 11) is 0. The van der Waals surface area contributed by atoms with Crippen molar-refractivity contribution in [1.29, 1.82) is 0 Å². The van der Waals surface area contributed by atoms with E-state index in [0.29, 0.717) is 0 Å². The molecular formula is C12H16FN3O3. The monoisotopic (exact) mass is 269 g/mol. The smallest absolute Gasteiger partial charge is 0.304 e. The van der Waals surface area contributed by atoms with Crippen molar-refractivity contribution in [3.63, 3.8) is 0 Å². The highest BCUT2D eigenvalue weighted by Crippen LogP contribution is 2.22. The summed E-state index contributed by atoms with van der Waals surface area (Å²) in [5.74, 6) is -1.48. The van der Waals surface area contributed by atoms with Crippen molar-refractivity contribution < 1.29 is 14.1 Å². The molecule has 1 rings (SSSR count). The molecule has 1 aromatic carbocycles. The Bertz CT molecular complexity index is 511. The number of amides is 1. The number of nitrogens with two attached hydrogens (primary N) is 1. The zero-order valence-corrected chi connectivity index (χ0v) is 10.9. The van der Waals surface area contributed by atoms with Gasteiger partial charge in [-0.1, -0.05) is 20.8 Å². The molecule has 0 saturated carbocycles. The molecule has 3 N–H and O–H groups in total. The minimum Gasteiger partial charge on any atom is -0.325 e. The van der Waals surface area contributed by atoms with Gasteiger partial charge in [0.05, 0.1) is 11.0 Å². The Morgan fingerprint density at radius 2 is 2.05 bits per heavy atom. The van der Waals surface area contributed by atoms with Crippen LogP contribution in [0.1, 0.15) is 20.8 Å². The molecule has 0 fully saturated rings. The number of nitrogens with zero attached hydrogens (tertiary/aromatic N) is 1. The molecule has 1 atom stereocenters. The van der Waals surface area contributed by atoms with Crippen molar-refractivity contribution in [2.75, 3.05) is 5.32 Å². The van der Waals surface area contributed by atoms with Crippen LogP contribution in [0.2, 0.25) is 0 Å². The van der Waals surface area contributed by atoms with Gasteiger partial charge in [-0.05, 0) is 11.5 Å². The van der Waals surface area contributed by atoms with Gasteiger partial charge < -0.3 is 11.1 Å². The molecule has 6 nitrogen and oxygen atoms in total. The molecule has 0 radical (unpaired) electrons. The Morgan fingerprint density at radius 3 is 2.47 bits per heavy atom. The van der Waals surface area contributed by atoms with E-state index in [1.807, 2.05) is 0 Å². The highest BCUT2D eigenvalue weighted by molar-refractivity contribution is 5.95.